The summed E-state index contributed by atoms with van der Waals surface area (Å²) in [5.74, 6) is 0.450. The number of halogens is 1. The van der Waals surface area contributed by atoms with Crippen molar-refractivity contribution in [1.82, 2.24) is 10.2 Å². The van der Waals surface area contributed by atoms with Crippen LogP contribution in [0.4, 0.5) is 0 Å². The molecule has 1 N–H and O–H groups in total. The zero-order valence-electron chi connectivity index (χ0n) is 12.8. The molecule has 5 heteroatoms. The summed E-state index contributed by atoms with van der Waals surface area (Å²) in [5.41, 5.74) is 0. The lowest BCUT2D eigenvalue weighted by Gasteiger charge is -2.28. The maximum absolute atomic E-state index is 12.3. The molecule has 0 aliphatic heterocycles. The number of rotatable bonds is 5. The zero-order valence-corrected chi connectivity index (χ0v) is 13.6. The molecule has 1 aliphatic carbocycles. The van der Waals surface area contributed by atoms with Crippen LogP contribution in [0.25, 0.3) is 0 Å². The number of hydrogen-bond acceptors (Lipinski definition) is 3. The minimum absolute atomic E-state index is 0.0892. The lowest BCUT2D eigenvalue weighted by atomic mass is 10.1. The second-order valence-electron chi connectivity index (χ2n) is 5.77. The summed E-state index contributed by atoms with van der Waals surface area (Å²) in [4.78, 5) is 14.5. The van der Waals surface area contributed by atoms with Crippen LogP contribution in [0, 0.1) is 0 Å². The molecule has 1 saturated carbocycles. The third-order valence-electron chi connectivity index (χ3n) is 3.98. The predicted molar refractivity (Wildman–Crippen MR) is 84.8 cm³/mol. The van der Waals surface area contributed by atoms with Gasteiger partial charge in [-0.3, -0.25) is 4.79 Å². The van der Waals surface area contributed by atoms with E-state index in [0.29, 0.717) is 16.8 Å². The summed E-state index contributed by atoms with van der Waals surface area (Å²) in [6.07, 6.45) is 2.73. The van der Waals surface area contributed by atoms with E-state index in [4.69, 9.17) is 16.3 Å². The summed E-state index contributed by atoms with van der Waals surface area (Å²) in [6.45, 7) is 1.75. The highest BCUT2D eigenvalue weighted by Crippen LogP contribution is 2.25. The van der Waals surface area contributed by atoms with Crippen molar-refractivity contribution >= 4 is 17.5 Å². The van der Waals surface area contributed by atoms with Crippen LogP contribution in [-0.2, 0) is 4.79 Å². The van der Waals surface area contributed by atoms with E-state index in [1.165, 1.54) is 0 Å². The summed E-state index contributed by atoms with van der Waals surface area (Å²) >= 11 is 6.04. The standard InChI is InChI=1S/C16H23ClN2O2/c1-11(21-15-10-5-4-7-12(15)17)16(20)18-13-8-6-9-14(13)19(2)3/h4-5,7,10-11,13-14H,6,8-9H2,1-3H3,(H,18,20). The smallest absolute Gasteiger partial charge is 0.261 e. The van der Waals surface area contributed by atoms with Gasteiger partial charge in [-0.25, -0.2) is 0 Å². The Morgan fingerprint density at radius 2 is 2.10 bits per heavy atom. The van der Waals surface area contributed by atoms with E-state index in [-0.39, 0.29) is 11.9 Å². The first-order valence-electron chi connectivity index (χ1n) is 7.37. The lowest BCUT2D eigenvalue weighted by molar-refractivity contribution is -0.128. The van der Waals surface area contributed by atoms with E-state index in [0.717, 1.165) is 19.3 Å². The molecule has 1 fully saturated rings. The van der Waals surface area contributed by atoms with Crippen molar-refractivity contribution in [1.29, 1.82) is 0 Å². The van der Waals surface area contributed by atoms with Crippen LogP contribution in [0.5, 0.6) is 5.75 Å². The van der Waals surface area contributed by atoms with Crippen LogP contribution in [0.3, 0.4) is 0 Å². The van der Waals surface area contributed by atoms with Gasteiger partial charge < -0.3 is 15.0 Å². The molecule has 4 nitrogen and oxygen atoms in total. The number of ether oxygens (including phenoxy) is 1. The molecule has 0 heterocycles. The second kappa shape index (κ2) is 7.14. The molecule has 116 valence electrons. The Balaban J connectivity index is 1.92. The SMILES string of the molecule is CC(Oc1ccccc1Cl)C(=O)NC1CCCC1N(C)C. The molecule has 3 atom stereocenters. The van der Waals surface area contributed by atoms with Gasteiger partial charge in [0.2, 0.25) is 0 Å². The minimum atomic E-state index is -0.562. The van der Waals surface area contributed by atoms with E-state index in [1.54, 1.807) is 19.1 Å². The van der Waals surface area contributed by atoms with E-state index in [9.17, 15) is 4.79 Å². The molecule has 2 rings (SSSR count). The van der Waals surface area contributed by atoms with Gasteiger partial charge in [-0.05, 0) is 52.4 Å². The fourth-order valence-corrected chi connectivity index (χ4v) is 2.99. The molecular formula is C16H23ClN2O2. The van der Waals surface area contributed by atoms with Crippen molar-refractivity contribution < 1.29 is 9.53 Å². The van der Waals surface area contributed by atoms with Gasteiger partial charge in [0, 0.05) is 12.1 Å². The Labute approximate surface area is 131 Å². The first-order chi connectivity index (χ1) is 9.99. The Bertz CT molecular complexity index is 493. The Kier molecular flexibility index (Phi) is 5.48. The summed E-state index contributed by atoms with van der Waals surface area (Å²) < 4.78 is 5.66. The number of nitrogens with zero attached hydrogens (tertiary/aromatic N) is 1. The van der Waals surface area contributed by atoms with Crippen LogP contribution in [0.2, 0.25) is 5.02 Å². The largest absolute Gasteiger partial charge is 0.479 e. The van der Waals surface area contributed by atoms with E-state index < -0.39 is 6.10 Å². The average molecular weight is 311 g/mol. The van der Waals surface area contributed by atoms with Crippen LogP contribution in [0.1, 0.15) is 26.2 Å². The van der Waals surface area contributed by atoms with E-state index >= 15 is 0 Å². The number of carbonyl (C=O) groups excluding carboxylic acids is 1. The molecule has 0 radical (unpaired) electrons. The van der Waals surface area contributed by atoms with Gasteiger partial charge >= 0.3 is 0 Å². The Morgan fingerprint density at radius 3 is 2.76 bits per heavy atom. The topological polar surface area (TPSA) is 41.6 Å². The van der Waals surface area contributed by atoms with Gasteiger partial charge in [0.25, 0.3) is 5.91 Å². The van der Waals surface area contributed by atoms with Crippen LogP contribution < -0.4 is 10.1 Å². The highest BCUT2D eigenvalue weighted by Gasteiger charge is 2.31. The molecule has 1 aromatic rings. The molecule has 1 aromatic carbocycles. The van der Waals surface area contributed by atoms with Gasteiger partial charge in [0.1, 0.15) is 5.75 Å². The molecule has 3 unspecified atom stereocenters. The van der Waals surface area contributed by atoms with Crippen molar-refractivity contribution in [3.8, 4) is 5.75 Å². The van der Waals surface area contributed by atoms with Crippen molar-refractivity contribution in [2.45, 2.75) is 44.4 Å². The Hall–Kier alpha value is -1.26. The van der Waals surface area contributed by atoms with Crippen molar-refractivity contribution in [3.63, 3.8) is 0 Å². The maximum Gasteiger partial charge on any atom is 0.261 e. The second-order valence-corrected chi connectivity index (χ2v) is 6.17. The van der Waals surface area contributed by atoms with E-state index in [1.807, 2.05) is 12.1 Å². The van der Waals surface area contributed by atoms with Crippen LogP contribution in [0.15, 0.2) is 24.3 Å². The van der Waals surface area contributed by atoms with Crippen molar-refractivity contribution in [3.05, 3.63) is 29.3 Å². The fraction of sp³-hybridized carbons (Fsp3) is 0.562. The molecule has 0 saturated heterocycles. The highest BCUT2D eigenvalue weighted by molar-refractivity contribution is 6.32. The molecule has 0 aromatic heterocycles. The molecule has 1 aliphatic rings. The quantitative estimate of drug-likeness (QED) is 0.909. The maximum atomic E-state index is 12.3. The molecule has 0 bridgehead atoms. The number of carbonyl (C=O) groups is 1. The number of para-hydroxylation sites is 1. The molecule has 21 heavy (non-hydrogen) atoms. The number of nitrogens with one attached hydrogen (secondary N) is 1. The number of benzene rings is 1. The summed E-state index contributed by atoms with van der Waals surface area (Å²) in [5, 5.41) is 3.62. The number of likely N-dealkylation sites (N-methyl/N-ethyl adjacent to an activating group) is 1. The number of hydrogen-bond donors (Lipinski definition) is 1. The third kappa shape index (κ3) is 4.11. The zero-order chi connectivity index (χ0) is 15.4. The predicted octanol–water partition coefficient (Wildman–Crippen LogP) is 2.71. The normalized spacial score (nSPS) is 23.1. The first-order valence-corrected chi connectivity index (χ1v) is 7.75. The van der Waals surface area contributed by atoms with Gasteiger partial charge in [-0.1, -0.05) is 23.7 Å². The molecule has 0 spiro atoms. The van der Waals surface area contributed by atoms with Crippen molar-refractivity contribution in [2.24, 2.45) is 0 Å². The lowest BCUT2D eigenvalue weighted by Crippen LogP contribution is -2.49. The fourth-order valence-electron chi connectivity index (χ4n) is 2.81. The monoisotopic (exact) mass is 310 g/mol. The highest BCUT2D eigenvalue weighted by atomic mass is 35.5. The molecular weight excluding hydrogens is 288 g/mol. The molecule has 1 amide bonds. The van der Waals surface area contributed by atoms with Gasteiger partial charge in [-0.15, -0.1) is 0 Å². The summed E-state index contributed by atoms with van der Waals surface area (Å²) in [6, 6.07) is 7.79. The van der Waals surface area contributed by atoms with E-state index in [2.05, 4.69) is 24.3 Å². The van der Waals surface area contributed by atoms with Crippen molar-refractivity contribution in [2.75, 3.05) is 14.1 Å². The number of amides is 1. The van der Waals surface area contributed by atoms with Crippen LogP contribution in [-0.4, -0.2) is 43.1 Å². The summed E-state index contributed by atoms with van der Waals surface area (Å²) in [7, 11) is 4.11. The van der Waals surface area contributed by atoms with Gasteiger partial charge in [0.05, 0.1) is 5.02 Å². The third-order valence-corrected chi connectivity index (χ3v) is 4.29. The Morgan fingerprint density at radius 1 is 1.38 bits per heavy atom. The minimum Gasteiger partial charge on any atom is -0.479 e. The van der Waals surface area contributed by atoms with Gasteiger partial charge in [-0.2, -0.15) is 0 Å². The van der Waals surface area contributed by atoms with Crippen LogP contribution >= 0.6 is 11.6 Å². The van der Waals surface area contributed by atoms with Gasteiger partial charge in [0.15, 0.2) is 6.10 Å². The first kappa shape index (κ1) is 16.1. The average Bonchev–Trinajstić information content (AvgIpc) is 2.89.